The number of aromatic amines is 1. The van der Waals surface area contributed by atoms with Gasteiger partial charge in [0, 0.05) is 18.9 Å². The van der Waals surface area contributed by atoms with E-state index in [1.54, 1.807) is 11.1 Å². The third-order valence-corrected chi connectivity index (χ3v) is 4.91. The van der Waals surface area contributed by atoms with Gasteiger partial charge in [0.1, 0.15) is 0 Å². The summed E-state index contributed by atoms with van der Waals surface area (Å²) in [7, 11) is 0. The van der Waals surface area contributed by atoms with Crippen LogP contribution in [0.2, 0.25) is 0 Å². The first-order valence-electron chi connectivity index (χ1n) is 8.97. The smallest absolute Gasteiger partial charge is 0.329 e. The molecule has 1 aromatic carbocycles. The highest BCUT2D eigenvalue weighted by atomic mass is 19.4. The summed E-state index contributed by atoms with van der Waals surface area (Å²) in [6, 6.07) is 8.30. The van der Waals surface area contributed by atoms with Gasteiger partial charge >= 0.3 is 6.18 Å². The fraction of sp³-hybridized carbons (Fsp3) is 0.316. The lowest BCUT2D eigenvalue weighted by Crippen LogP contribution is -2.39. The van der Waals surface area contributed by atoms with Gasteiger partial charge in [0.25, 0.3) is 5.91 Å². The molecule has 0 bridgehead atoms. The highest BCUT2D eigenvalue weighted by Gasteiger charge is 2.34. The average molecular weight is 389 g/mol. The molecule has 3 aromatic rings. The van der Waals surface area contributed by atoms with E-state index in [1.165, 1.54) is 30.5 Å². The molecular formula is C19H18F3N5O. The molecule has 0 spiro atoms. The van der Waals surface area contributed by atoms with Gasteiger partial charge in [-0.05, 0) is 43.5 Å². The molecular weight excluding hydrogens is 371 g/mol. The van der Waals surface area contributed by atoms with Crippen molar-refractivity contribution in [2.75, 3.05) is 6.54 Å². The molecule has 3 heterocycles. The molecule has 9 heteroatoms. The summed E-state index contributed by atoms with van der Waals surface area (Å²) < 4.78 is 40.9. The van der Waals surface area contributed by atoms with Gasteiger partial charge in [-0.15, -0.1) is 0 Å². The summed E-state index contributed by atoms with van der Waals surface area (Å²) in [6.07, 6.45) is 1.16. The van der Waals surface area contributed by atoms with Crippen molar-refractivity contribution in [2.24, 2.45) is 0 Å². The average Bonchev–Trinajstić information content (AvgIpc) is 3.39. The van der Waals surface area contributed by atoms with E-state index < -0.39 is 11.7 Å². The van der Waals surface area contributed by atoms with Crippen LogP contribution in [0.4, 0.5) is 13.2 Å². The number of amides is 1. The Morgan fingerprint density at radius 1 is 1.14 bits per heavy atom. The van der Waals surface area contributed by atoms with Crippen LogP contribution in [0, 0.1) is 0 Å². The highest BCUT2D eigenvalue weighted by molar-refractivity contribution is 5.92. The number of carbonyl (C=O) groups is 1. The van der Waals surface area contributed by atoms with E-state index in [2.05, 4.69) is 15.3 Å². The minimum Gasteiger partial charge on any atom is -0.329 e. The van der Waals surface area contributed by atoms with Gasteiger partial charge in [-0.1, -0.05) is 12.1 Å². The summed E-state index contributed by atoms with van der Waals surface area (Å²) in [4.78, 5) is 14.7. The third kappa shape index (κ3) is 3.39. The quantitative estimate of drug-likeness (QED) is 0.737. The summed E-state index contributed by atoms with van der Waals surface area (Å²) in [6.45, 7) is 0.564. The molecule has 0 radical (unpaired) electrons. The number of H-pyrrole nitrogens is 1. The Morgan fingerprint density at radius 3 is 2.71 bits per heavy atom. The molecule has 1 atom stereocenters. The maximum Gasteiger partial charge on any atom is 0.418 e. The van der Waals surface area contributed by atoms with Crippen LogP contribution in [0.25, 0.3) is 5.69 Å². The summed E-state index contributed by atoms with van der Waals surface area (Å²) >= 11 is 0. The maximum atomic E-state index is 13.3. The van der Waals surface area contributed by atoms with Crippen LogP contribution in [0.3, 0.4) is 0 Å². The zero-order chi connectivity index (χ0) is 19.7. The van der Waals surface area contributed by atoms with Gasteiger partial charge in [-0.25, -0.2) is 4.68 Å². The number of alkyl halides is 3. The molecule has 0 saturated carbocycles. The standard InChI is InChI=1S/C19H18F3N5O/c20-19(21,22)13-5-1-2-6-16(13)27-12-9-15(25-27)18(28)26-11-4-3-7-17(26)14-8-10-23-24-14/h1-2,5-6,8-10,12,17H,3-4,7,11H2,(H,23,24). The molecule has 2 aromatic heterocycles. The Bertz CT molecular complexity index is 964. The Kier molecular flexibility index (Phi) is 4.66. The Labute approximate surface area is 159 Å². The van der Waals surface area contributed by atoms with E-state index in [-0.39, 0.29) is 23.3 Å². The first-order chi connectivity index (χ1) is 13.4. The van der Waals surface area contributed by atoms with Crippen molar-refractivity contribution in [1.29, 1.82) is 0 Å². The van der Waals surface area contributed by atoms with Gasteiger partial charge in [-0.2, -0.15) is 23.4 Å². The fourth-order valence-electron chi connectivity index (χ4n) is 3.58. The van der Waals surface area contributed by atoms with Crippen molar-refractivity contribution in [1.82, 2.24) is 24.9 Å². The largest absolute Gasteiger partial charge is 0.418 e. The van der Waals surface area contributed by atoms with Crippen molar-refractivity contribution < 1.29 is 18.0 Å². The van der Waals surface area contributed by atoms with Gasteiger partial charge in [0.05, 0.1) is 23.0 Å². The van der Waals surface area contributed by atoms with Crippen LogP contribution < -0.4 is 0 Å². The number of aromatic nitrogens is 4. The highest BCUT2D eigenvalue weighted by Crippen LogP contribution is 2.34. The monoisotopic (exact) mass is 389 g/mol. The number of para-hydroxylation sites is 1. The number of hydrogen-bond donors (Lipinski definition) is 1. The lowest BCUT2D eigenvalue weighted by molar-refractivity contribution is -0.137. The molecule has 4 rings (SSSR count). The van der Waals surface area contributed by atoms with Crippen molar-refractivity contribution in [2.45, 2.75) is 31.5 Å². The molecule has 6 nitrogen and oxygen atoms in total. The number of nitrogens with zero attached hydrogens (tertiary/aromatic N) is 4. The SMILES string of the molecule is O=C(c1ccn(-c2ccccc2C(F)(F)F)n1)N1CCCCC1c1ccn[nH]1. The molecule has 1 aliphatic rings. The number of hydrogen-bond acceptors (Lipinski definition) is 3. The number of halogens is 3. The predicted octanol–water partition coefficient (Wildman–Crippen LogP) is 3.98. The number of likely N-dealkylation sites (tertiary alicyclic amines) is 1. The summed E-state index contributed by atoms with van der Waals surface area (Å²) in [5.41, 5.74) is 0.0431. The van der Waals surface area contributed by atoms with E-state index in [9.17, 15) is 18.0 Å². The summed E-state index contributed by atoms with van der Waals surface area (Å²) in [5, 5.41) is 11.0. The number of rotatable bonds is 3. The molecule has 1 N–H and O–H groups in total. The zero-order valence-electron chi connectivity index (χ0n) is 14.9. The van der Waals surface area contributed by atoms with Crippen molar-refractivity contribution in [3.05, 3.63) is 65.7 Å². The second-order valence-electron chi connectivity index (χ2n) is 6.68. The second kappa shape index (κ2) is 7.14. The third-order valence-electron chi connectivity index (χ3n) is 4.91. The fourth-order valence-corrected chi connectivity index (χ4v) is 3.58. The van der Waals surface area contributed by atoms with E-state index >= 15 is 0 Å². The molecule has 1 aliphatic heterocycles. The number of nitrogens with one attached hydrogen (secondary N) is 1. The van der Waals surface area contributed by atoms with Crippen LogP contribution in [-0.4, -0.2) is 37.3 Å². The van der Waals surface area contributed by atoms with Crippen molar-refractivity contribution in [3.63, 3.8) is 0 Å². The minimum atomic E-state index is -4.51. The van der Waals surface area contributed by atoms with Crippen LogP contribution in [0.1, 0.15) is 47.1 Å². The lowest BCUT2D eigenvalue weighted by Gasteiger charge is -2.34. The minimum absolute atomic E-state index is 0.113. The molecule has 1 amide bonds. The van der Waals surface area contributed by atoms with Crippen LogP contribution in [-0.2, 0) is 6.18 Å². The Balaban J connectivity index is 1.64. The van der Waals surface area contributed by atoms with Gasteiger partial charge in [0.15, 0.2) is 5.69 Å². The number of piperidine rings is 1. The van der Waals surface area contributed by atoms with Crippen LogP contribution >= 0.6 is 0 Å². The number of benzene rings is 1. The normalized spacial score (nSPS) is 17.7. The Hall–Kier alpha value is -3.10. The van der Waals surface area contributed by atoms with Crippen LogP contribution in [0.15, 0.2) is 48.8 Å². The molecule has 1 fully saturated rings. The van der Waals surface area contributed by atoms with Crippen molar-refractivity contribution in [3.8, 4) is 5.69 Å². The van der Waals surface area contributed by atoms with Gasteiger partial charge in [-0.3, -0.25) is 9.89 Å². The molecule has 0 aliphatic carbocycles. The first kappa shape index (κ1) is 18.3. The van der Waals surface area contributed by atoms with E-state index in [0.29, 0.717) is 6.54 Å². The zero-order valence-corrected chi connectivity index (χ0v) is 14.9. The Morgan fingerprint density at radius 2 is 1.96 bits per heavy atom. The lowest BCUT2D eigenvalue weighted by atomic mass is 9.99. The van der Waals surface area contributed by atoms with Gasteiger partial charge in [0.2, 0.25) is 0 Å². The second-order valence-corrected chi connectivity index (χ2v) is 6.68. The van der Waals surface area contributed by atoms with E-state index in [1.807, 2.05) is 6.07 Å². The maximum absolute atomic E-state index is 13.3. The van der Waals surface area contributed by atoms with Crippen LogP contribution in [0.5, 0.6) is 0 Å². The van der Waals surface area contributed by atoms with E-state index in [0.717, 1.165) is 35.7 Å². The molecule has 146 valence electrons. The number of carbonyl (C=O) groups excluding carboxylic acids is 1. The molecule has 1 saturated heterocycles. The molecule has 28 heavy (non-hydrogen) atoms. The topological polar surface area (TPSA) is 66.8 Å². The van der Waals surface area contributed by atoms with E-state index in [4.69, 9.17) is 0 Å². The first-order valence-corrected chi connectivity index (χ1v) is 8.97. The predicted molar refractivity (Wildman–Crippen MR) is 94.8 cm³/mol. The van der Waals surface area contributed by atoms with Gasteiger partial charge < -0.3 is 4.90 Å². The summed E-state index contributed by atoms with van der Waals surface area (Å²) in [5.74, 6) is -0.303. The van der Waals surface area contributed by atoms with Crippen molar-refractivity contribution >= 4 is 5.91 Å². The molecule has 1 unspecified atom stereocenters.